The van der Waals surface area contributed by atoms with Crippen LogP contribution in [0.15, 0.2) is 78.9 Å². The number of amides is 2. The summed E-state index contributed by atoms with van der Waals surface area (Å²) in [6.45, 7) is 8.04. The van der Waals surface area contributed by atoms with Crippen LogP contribution in [-0.4, -0.2) is 61.0 Å². The molecule has 8 nitrogen and oxygen atoms in total. The van der Waals surface area contributed by atoms with E-state index >= 15 is 0 Å². The number of benzene rings is 3. The quantitative estimate of drug-likeness (QED) is 0.206. The highest BCUT2D eigenvalue weighted by Crippen LogP contribution is 2.18. The molecule has 1 atom stereocenters. The number of nitrogens with one attached hydrogen (secondary N) is 1. The lowest BCUT2D eigenvalue weighted by molar-refractivity contribution is -0.149. The van der Waals surface area contributed by atoms with E-state index in [-0.39, 0.29) is 12.5 Å². The zero-order valence-electron chi connectivity index (χ0n) is 23.5. The Kier molecular flexibility index (Phi) is 12.3. The molecule has 0 bridgehead atoms. The van der Waals surface area contributed by atoms with E-state index in [0.717, 1.165) is 17.0 Å². The number of carbonyl (C=O) groups is 2. The number of carboxylic acids is 1. The van der Waals surface area contributed by atoms with Crippen LogP contribution in [0.3, 0.4) is 0 Å². The number of rotatable bonds is 16. The second-order valence-corrected chi connectivity index (χ2v) is 9.69. The monoisotopic (exact) mass is 548 g/mol. The number of hydrogen-bond acceptors (Lipinski definition) is 5. The standard InChI is InChI=1S/C32H40N2O6/c1-4-38-30(31(35)36)23-25-11-17-29(18-12-25)40-22-20-34(19-8-21-39-28-9-6-5-7-10-28)32(37)33-27-15-13-26(14-16-27)24(2)3/h5-7,9-18,24,30H,4,8,19-23H2,1-3H3,(H,33,37)(H,35,36). The average Bonchev–Trinajstić information content (AvgIpc) is 2.95. The van der Waals surface area contributed by atoms with Crippen molar-refractivity contribution in [2.75, 3.05) is 38.2 Å². The van der Waals surface area contributed by atoms with Crippen molar-refractivity contribution in [3.8, 4) is 11.5 Å². The van der Waals surface area contributed by atoms with E-state index in [9.17, 15) is 14.7 Å². The van der Waals surface area contributed by atoms with Crippen LogP contribution in [0.25, 0.3) is 0 Å². The molecule has 2 N–H and O–H groups in total. The SMILES string of the molecule is CCOC(Cc1ccc(OCCN(CCCOc2ccccc2)C(=O)Nc2ccc(C(C)C)cc2)cc1)C(=O)O. The molecule has 2 amide bonds. The number of para-hydroxylation sites is 1. The molecule has 8 heteroatoms. The molecule has 3 rings (SSSR count). The third-order valence-corrected chi connectivity index (χ3v) is 6.32. The molecule has 0 aromatic heterocycles. The van der Waals surface area contributed by atoms with Crippen molar-refractivity contribution >= 4 is 17.7 Å². The van der Waals surface area contributed by atoms with E-state index in [4.69, 9.17) is 14.2 Å². The van der Waals surface area contributed by atoms with Crippen LogP contribution in [-0.2, 0) is 16.0 Å². The summed E-state index contributed by atoms with van der Waals surface area (Å²) in [4.78, 5) is 26.2. The van der Waals surface area contributed by atoms with Crippen LogP contribution in [0.1, 0.15) is 44.2 Å². The Bertz CT molecular complexity index is 1170. The molecular weight excluding hydrogens is 508 g/mol. The van der Waals surface area contributed by atoms with E-state index in [1.165, 1.54) is 5.56 Å². The van der Waals surface area contributed by atoms with Gasteiger partial charge in [-0.2, -0.15) is 0 Å². The summed E-state index contributed by atoms with van der Waals surface area (Å²) in [6.07, 6.45) is 0.0605. The number of ether oxygens (including phenoxy) is 3. The van der Waals surface area contributed by atoms with Crippen molar-refractivity contribution in [3.63, 3.8) is 0 Å². The fourth-order valence-electron chi connectivity index (χ4n) is 4.06. The van der Waals surface area contributed by atoms with Crippen LogP contribution < -0.4 is 14.8 Å². The minimum absolute atomic E-state index is 0.202. The molecule has 0 aliphatic carbocycles. The van der Waals surface area contributed by atoms with E-state index < -0.39 is 12.1 Å². The van der Waals surface area contributed by atoms with Gasteiger partial charge in [-0.3, -0.25) is 0 Å². The first-order chi connectivity index (χ1) is 19.4. The molecule has 0 saturated carbocycles. The number of hydrogen-bond donors (Lipinski definition) is 2. The predicted octanol–water partition coefficient (Wildman–Crippen LogP) is 6.22. The lowest BCUT2D eigenvalue weighted by Gasteiger charge is -2.23. The fourth-order valence-corrected chi connectivity index (χ4v) is 4.06. The van der Waals surface area contributed by atoms with E-state index in [2.05, 4.69) is 19.2 Å². The molecule has 0 fully saturated rings. The van der Waals surface area contributed by atoms with Gasteiger partial charge >= 0.3 is 12.0 Å². The van der Waals surface area contributed by atoms with Crippen LogP contribution in [0.5, 0.6) is 11.5 Å². The van der Waals surface area contributed by atoms with Gasteiger partial charge in [0.15, 0.2) is 6.10 Å². The molecule has 0 aliphatic rings. The second-order valence-electron chi connectivity index (χ2n) is 9.69. The summed E-state index contributed by atoms with van der Waals surface area (Å²) >= 11 is 0. The lowest BCUT2D eigenvalue weighted by atomic mass is 10.0. The molecule has 3 aromatic rings. The Morgan fingerprint density at radius 2 is 1.50 bits per heavy atom. The van der Waals surface area contributed by atoms with Gasteiger partial charge in [-0.1, -0.05) is 56.3 Å². The van der Waals surface area contributed by atoms with Crippen molar-refractivity contribution in [2.45, 2.75) is 45.6 Å². The zero-order chi connectivity index (χ0) is 28.7. The van der Waals surface area contributed by atoms with Gasteiger partial charge in [-0.15, -0.1) is 0 Å². The maximum atomic E-state index is 13.2. The summed E-state index contributed by atoms with van der Waals surface area (Å²) in [7, 11) is 0. The number of carboxylic acid groups (broad SMARTS) is 1. The van der Waals surface area contributed by atoms with Gasteiger partial charge in [-0.25, -0.2) is 9.59 Å². The Hall–Kier alpha value is -4.04. The average molecular weight is 549 g/mol. The van der Waals surface area contributed by atoms with E-state index in [1.54, 1.807) is 24.0 Å². The lowest BCUT2D eigenvalue weighted by Crippen LogP contribution is -2.39. The topological polar surface area (TPSA) is 97.3 Å². The van der Waals surface area contributed by atoms with Gasteiger partial charge in [0.2, 0.25) is 0 Å². The van der Waals surface area contributed by atoms with Gasteiger partial charge in [0.05, 0.1) is 13.2 Å². The smallest absolute Gasteiger partial charge is 0.333 e. The normalized spacial score (nSPS) is 11.6. The molecule has 0 aliphatic heterocycles. The highest BCUT2D eigenvalue weighted by molar-refractivity contribution is 5.89. The summed E-state index contributed by atoms with van der Waals surface area (Å²) in [6, 6.07) is 24.5. The Labute approximate surface area is 236 Å². The molecular formula is C32H40N2O6. The third kappa shape index (κ3) is 10.3. The van der Waals surface area contributed by atoms with Crippen LogP contribution >= 0.6 is 0 Å². The molecule has 214 valence electrons. The summed E-state index contributed by atoms with van der Waals surface area (Å²) < 4.78 is 17.0. The Morgan fingerprint density at radius 1 is 0.850 bits per heavy atom. The first-order valence-corrected chi connectivity index (χ1v) is 13.8. The van der Waals surface area contributed by atoms with Crippen molar-refractivity contribution in [2.24, 2.45) is 0 Å². The molecule has 0 spiro atoms. The first-order valence-electron chi connectivity index (χ1n) is 13.8. The maximum Gasteiger partial charge on any atom is 0.333 e. The van der Waals surface area contributed by atoms with Gasteiger partial charge in [0.25, 0.3) is 0 Å². The highest BCUT2D eigenvalue weighted by atomic mass is 16.5. The van der Waals surface area contributed by atoms with Gasteiger partial charge in [0, 0.05) is 25.3 Å². The zero-order valence-corrected chi connectivity index (χ0v) is 23.5. The minimum atomic E-state index is -0.981. The van der Waals surface area contributed by atoms with Crippen LogP contribution in [0, 0.1) is 0 Å². The van der Waals surface area contributed by atoms with Crippen molar-refractivity contribution < 1.29 is 28.9 Å². The molecule has 0 saturated heterocycles. The highest BCUT2D eigenvalue weighted by Gasteiger charge is 2.18. The van der Waals surface area contributed by atoms with Crippen molar-refractivity contribution in [3.05, 3.63) is 90.0 Å². The Morgan fingerprint density at radius 3 is 2.12 bits per heavy atom. The molecule has 0 radical (unpaired) electrons. The second kappa shape index (κ2) is 16.2. The summed E-state index contributed by atoms with van der Waals surface area (Å²) in [5.74, 6) is 0.876. The van der Waals surface area contributed by atoms with Gasteiger partial charge < -0.3 is 29.5 Å². The van der Waals surface area contributed by atoms with Gasteiger partial charge in [-0.05, 0) is 66.8 Å². The molecule has 40 heavy (non-hydrogen) atoms. The number of urea groups is 1. The fraction of sp³-hybridized carbons (Fsp3) is 0.375. The Balaban J connectivity index is 1.55. The summed E-state index contributed by atoms with van der Waals surface area (Å²) in [5.41, 5.74) is 2.79. The van der Waals surface area contributed by atoms with Crippen LogP contribution in [0.2, 0.25) is 0 Å². The predicted molar refractivity (Wildman–Crippen MR) is 156 cm³/mol. The van der Waals surface area contributed by atoms with E-state index in [1.807, 2.05) is 66.7 Å². The van der Waals surface area contributed by atoms with Crippen molar-refractivity contribution in [1.82, 2.24) is 4.90 Å². The number of anilines is 1. The number of nitrogens with zero attached hydrogens (tertiary/aromatic N) is 1. The third-order valence-electron chi connectivity index (χ3n) is 6.32. The summed E-state index contributed by atoms with van der Waals surface area (Å²) in [5, 5.41) is 12.3. The molecule has 0 heterocycles. The number of carbonyl (C=O) groups excluding carboxylic acids is 1. The number of aliphatic carboxylic acids is 1. The largest absolute Gasteiger partial charge is 0.494 e. The van der Waals surface area contributed by atoms with Gasteiger partial charge in [0.1, 0.15) is 18.1 Å². The molecule has 1 unspecified atom stereocenters. The van der Waals surface area contributed by atoms with Crippen molar-refractivity contribution in [1.29, 1.82) is 0 Å². The maximum absolute atomic E-state index is 13.2. The molecule has 3 aromatic carbocycles. The van der Waals surface area contributed by atoms with E-state index in [0.29, 0.717) is 51.0 Å². The minimum Gasteiger partial charge on any atom is -0.494 e. The first kappa shape index (κ1) is 30.5. The van der Waals surface area contributed by atoms with Crippen LogP contribution in [0.4, 0.5) is 10.5 Å².